The third kappa shape index (κ3) is 6.27. The van der Waals surface area contributed by atoms with E-state index in [0.717, 1.165) is 31.1 Å². The Bertz CT molecular complexity index is 637. The predicted octanol–water partition coefficient (Wildman–Crippen LogP) is 1.01. The van der Waals surface area contributed by atoms with Crippen molar-refractivity contribution < 1.29 is 28.4 Å². The molecule has 0 bridgehead atoms. The summed E-state index contributed by atoms with van der Waals surface area (Å²) in [6.07, 6.45) is 1.21. The summed E-state index contributed by atoms with van der Waals surface area (Å²) in [6.45, 7) is 8.33. The van der Waals surface area contributed by atoms with Gasteiger partial charge in [0.05, 0.1) is 58.9 Å². The lowest BCUT2D eigenvalue weighted by Gasteiger charge is -2.18. The van der Waals surface area contributed by atoms with Crippen LogP contribution in [0.4, 0.5) is 0 Å². The summed E-state index contributed by atoms with van der Waals surface area (Å²) in [5.74, 6) is 1.46. The van der Waals surface area contributed by atoms with E-state index >= 15 is 0 Å². The number of hydrazine groups is 2. The molecule has 168 valence electrons. The van der Waals surface area contributed by atoms with Gasteiger partial charge in [0.1, 0.15) is 13.2 Å². The molecule has 3 aliphatic rings. The number of hydrogen-bond acceptors (Lipinski definition) is 9. The SMILES string of the molecule is c1cc2c(cc1C1CN3CCCN3N1)OCCOCCOCCOCCOCCO2. The highest BCUT2D eigenvalue weighted by atomic mass is 16.6. The van der Waals surface area contributed by atoms with Crippen molar-refractivity contribution in [3.05, 3.63) is 23.8 Å². The molecule has 1 N–H and O–H groups in total. The van der Waals surface area contributed by atoms with Gasteiger partial charge in [0.15, 0.2) is 11.5 Å². The zero-order chi connectivity index (χ0) is 20.4. The maximum Gasteiger partial charge on any atom is 0.161 e. The van der Waals surface area contributed by atoms with Crippen LogP contribution in [-0.2, 0) is 18.9 Å². The quantitative estimate of drug-likeness (QED) is 0.712. The lowest BCUT2D eigenvalue weighted by molar-refractivity contribution is -0.00842. The van der Waals surface area contributed by atoms with Crippen LogP contribution in [0.2, 0.25) is 0 Å². The molecule has 0 saturated carbocycles. The maximum absolute atomic E-state index is 6.02. The van der Waals surface area contributed by atoms with E-state index in [4.69, 9.17) is 28.4 Å². The number of fused-ring (bicyclic) bond motifs is 2. The molecule has 9 heteroatoms. The van der Waals surface area contributed by atoms with Crippen molar-refractivity contribution in [3.8, 4) is 11.5 Å². The molecule has 1 aromatic rings. The third-order valence-electron chi connectivity index (χ3n) is 5.28. The standard InChI is InChI=1S/C21H33N3O6/c1-4-23-17-19(22-24(23)5-1)18-2-3-20-21(16-18)30-15-13-28-11-9-26-7-6-25-8-10-27-12-14-29-20/h2-3,16,19,22H,1,4-15,17H2. The summed E-state index contributed by atoms with van der Waals surface area (Å²) >= 11 is 0. The zero-order valence-corrected chi connectivity index (χ0v) is 17.6. The first kappa shape index (κ1) is 21.8. The lowest BCUT2D eigenvalue weighted by Crippen LogP contribution is -2.35. The van der Waals surface area contributed by atoms with Crippen LogP contribution in [0.25, 0.3) is 0 Å². The molecule has 30 heavy (non-hydrogen) atoms. The van der Waals surface area contributed by atoms with Crippen molar-refractivity contribution in [2.24, 2.45) is 0 Å². The molecule has 9 nitrogen and oxygen atoms in total. The monoisotopic (exact) mass is 423 g/mol. The second-order valence-electron chi connectivity index (χ2n) is 7.42. The van der Waals surface area contributed by atoms with Gasteiger partial charge in [-0.3, -0.25) is 0 Å². The number of ether oxygens (including phenoxy) is 6. The summed E-state index contributed by atoms with van der Waals surface area (Å²) in [6, 6.07) is 6.43. The van der Waals surface area contributed by atoms with Crippen molar-refractivity contribution in [1.82, 2.24) is 15.6 Å². The molecule has 3 heterocycles. The highest BCUT2D eigenvalue weighted by molar-refractivity contribution is 5.44. The predicted molar refractivity (Wildman–Crippen MR) is 109 cm³/mol. The number of rotatable bonds is 1. The van der Waals surface area contributed by atoms with Gasteiger partial charge in [0.25, 0.3) is 0 Å². The Morgan fingerprint density at radius 3 is 1.93 bits per heavy atom. The largest absolute Gasteiger partial charge is 0.487 e. The smallest absolute Gasteiger partial charge is 0.161 e. The fourth-order valence-electron chi connectivity index (χ4n) is 3.77. The van der Waals surface area contributed by atoms with E-state index in [1.165, 1.54) is 12.0 Å². The van der Waals surface area contributed by atoms with Crippen molar-refractivity contribution in [1.29, 1.82) is 0 Å². The minimum Gasteiger partial charge on any atom is -0.487 e. The fraction of sp³-hybridized carbons (Fsp3) is 0.714. The summed E-state index contributed by atoms with van der Waals surface area (Å²) in [7, 11) is 0. The second-order valence-corrected chi connectivity index (χ2v) is 7.42. The molecule has 1 aromatic carbocycles. The van der Waals surface area contributed by atoms with Gasteiger partial charge in [0.2, 0.25) is 0 Å². The first-order valence-corrected chi connectivity index (χ1v) is 10.9. The number of nitrogens with zero attached hydrogens (tertiary/aromatic N) is 2. The molecule has 1 atom stereocenters. The Morgan fingerprint density at radius 1 is 0.700 bits per heavy atom. The Balaban J connectivity index is 1.36. The van der Waals surface area contributed by atoms with Crippen LogP contribution in [0.3, 0.4) is 0 Å². The highest BCUT2D eigenvalue weighted by Gasteiger charge is 2.33. The Kier molecular flexibility index (Phi) is 8.56. The summed E-state index contributed by atoms with van der Waals surface area (Å²) in [5.41, 5.74) is 4.77. The van der Waals surface area contributed by atoms with Crippen LogP contribution in [0, 0.1) is 0 Å². The number of hydrogen-bond donors (Lipinski definition) is 1. The average Bonchev–Trinajstić information content (AvgIpc) is 3.36. The molecule has 0 aliphatic carbocycles. The fourth-order valence-corrected chi connectivity index (χ4v) is 3.77. The zero-order valence-electron chi connectivity index (χ0n) is 17.6. The van der Waals surface area contributed by atoms with Gasteiger partial charge in [-0.15, -0.1) is 0 Å². The molecule has 0 spiro atoms. The van der Waals surface area contributed by atoms with Gasteiger partial charge in [-0.05, 0) is 24.1 Å². The normalized spacial score (nSPS) is 26.1. The van der Waals surface area contributed by atoms with E-state index in [9.17, 15) is 0 Å². The van der Waals surface area contributed by atoms with Gasteiger partial charge in [-0.1, -0.05) is 6.07 Å². The molecule has 0 aromatic heterocycles. The Hall–Kier alpha value is -1.46. The third-order valence-corrected chi connectivity index (χ3v) is 5.28. The van der Waals surface area contributed by atoms with Crippen LogP contribution in [0.15, 0.2) is 18.2 Å². The first-order chi connectivity index (χ1) is 14.9. The highest BCUT2D eigenvalue weighted by Crippen LogP contribution is 2.33. The van der Waals surface area contributed by atoms with E-state index in [2.05, 4.69) is 27.7 Å². The molecule has 1 unspecified atom stereocenters. The van der Waals surface area contributed by atoms with E-state index in [1.54, 1.807) is 0 Å². The number of benzene rings is 1. The maximum atomic E-state index is 6.02. The van der Waals surface area contributed by atoms with Gasteiger partial charge in [0, 0.05) is 19.6 Å². The van der Waals surface area contributed by atoms with Gasteiger partial charge in [-0.25, -0.2) is 10.4 Å². The number of nitrogens with one attached hydrogen (secondary N) is 1. The van der Waals surface area contributed by atoms with E-state index in [1.807, 2.05) is 6.07 Å². The Morgan fingerprint density at radius 2 is 1.30 bits per heavy atom. The lowest BCUT2D eigenvalue weighted by atomic mass is 10.1. The first-order valence-electron chi connectivity index (χ1n) is 10.9. The molecule has 0 radical (unpaired) electrons. The second kappa shape index (κ2) is 11.8. The molecule has 2 saturated heterocycles. The van der Waals surface area contributed by atoms with E-state index in [0.29, 0.717) is 66.1 Å². The van der Waals surface area contributed by atoms with E-state index < -0.39 is 0 Å². The van der Waals surface area contributed by atoms with Gasteiger partial charge < -0.3 is 28.4 Å². The van der Waals surface area contributed by atoms with Crippen molar-refractivity contribution >= 4 is 0 Å². The van der Waals surface area contributed by atoms with E-state index in [-0.39, 0.29) is 6.04 Å². The van der Waals surface area contributed by atoms with Crippen LogP contribution in [0.1, 0.15) is 18.0 Å². The summed E-state index contributed by atoms with van der Waals surface area (Å²) < 4.78 is 34.1. The topological polar surface area (TPSA) is 73.9 Å². The minimum atomic E-state index is 0.254. The average molecular weight is 424 g/mol. The molecule has 4 rings (SSSR count). The summed E-state index contributed by atoms with van der Waals surface area (Å²) in [5, 5.41) is 4.59. The van der Waals surface area contributed by atoms with Crippen molar-refractivity contribution in [2.45, 2.75) is 12.5 Å². The molecular weight excluding hydrogens is 390 g/mol. The molecule has 2 fully saturated rings. The summed E-state index contributed by atoms with van der Waals surface area (Å²) in [4.78, 5) is 0. The van der Waals surface area contributed by atoms with Crippen molar-refractivity contribution in [2.75, 3.05) is 85.7 Å². The minimum absolute atomic E-state index is 0.254. The van der Waals surface area contributed by atoms with Crippen LogP contribution >= 0.6 is 0 Å². The van der Waals surface area contributed by atoms with Crippen LogP contribution in [0.5, 0.6) is 11.5 Å². The van der Waals surface area contributed by atoms with Crippen LogP contribution < -0.4 is 14.9 Å². The molecule has 0 amide bonds. The Labute approximate surface area is 178 Å². The van der Waals surface area contributed by atoms with Crippen LogP contribution in [-0.4, -0.2) is 95.8 Å². The van der Waals surface area contributed by atoms with Crippen molar-refractivity contribution in [3.63, 3.8) is 0 Å². The van der Waals surface area contributed by atoms with Gasteiger partial charge >= 0.3 is 0 Å². The molecule has 3 aliphatic heterocycles. The van der Waals surface area contributed by atoms with Gasteiger partial charge in [-0.2, -0.15) is 5.12 Å². The molecular formula is C21H33N3O6.